The molecule has 1 atom stereocenters. The summed E-state index contributed by atoms with van der Waals surface area (Å²) in [5.74, 6) is -3.61. The van der Waals surface area contributed by atoms with Crippen LogP contribution in [0.25, 0.3) is 11.3 Å². The number of halogens is 2. The number of carbonyl (C=O) groups is 2. The van der Waals surface area contributed by atoms with E-state index in [0.29, 0.717) is 17.7 Å². The first-order chi connectivity index (χ1) is 14.9. The van der Waals surface area contributed by atoms with Crippen LogP contribution >= 0.6 is 0 Å². The van der Waals surface area contributed by atoms with Crippen molar-refractivity contribution < 1.29 is 28.2 Å². The van der Waals surface area contributed by atoms with Gasteiger partial charge >= 0.3 is 5.92 Å². The first-order valence-corrected chi connectivity index (χ1v) is 9.38. The Balaban J connectivity index is 1.78. The fourth-order valence-corrected chi connectivity index (χ4v) is 3.22. The van der Waals surface area contributed by atoms with E-state index in [9.17, 15) is 23.6 Å². The fourth-order valence-electron chi connectivity index (χ4n) is 3.22. The van der Waals surface area contributed by atoms with Crippen LogP contribution in [-0.2, 0) is 9.59 Å². The van der Waals surface area contributed by atoms with Gasteiger partial charge in [0.1, 0.15) is 24.0 Å². The molecule has 2 aromatic rings. The molecule has 1 aliphatic rings. The van der Waals surface area contributed by atoms with Crippen LogP contribution in [0.5, 0.6) is 5.75 Å². The molecule has 1 fully saturated rings. The minimum atomic E-state index is -3.32. The number of aromatic nitrogens is 2. The summed E-state index contributed by atoms with van der Waals surface area (Å²) in [6.45, 7) is -1.16. The number of amides is 2. The van der Waals surface area contributed by atoms with E-state index in [4.69, 9.17) is 9.84 Å². The maximum atomic E-state index is 14.6. The van der Waals surface area contributed by atoms with Crippen LogP contribution in [0.3, 0.4) is 0 Å². The number of piperidine rings is 1. The molecule has 2 N–H and O–H groups in total. The summed E-state index contributed by atoms with van der Waals surface area (Å²) >= 11 is 0. The molecule has 1 aromatic carbocycles. The van der Waals surface area contributed by atoms with Gasteiger partial charge < -0.3 is 20.1 Å². The lowest BCUT2D eigenvalue weighted by Gasteiger charge is -2.38. The molecule has 11 heteroatoms. The number of nitrogens with zero attached hydrogens (tertiary/aromatic N) is 4. The molecule has 1 unspecified atom stereocenters. The summed E-state index contributed by atoms with van der Waals surface area (Å²) in [5, 5.41) is 20.7. The zero-order chi connectivity index (χ0) is 22.4. The molecular weight excluding hydrogens is 412 g/mol. The lowest BCUT2D eigenvalue weighted by Crippen LogP contribution is -2.55. The Morgan fingerprint density at radius 3 is 2.90 bits per heavy atom. The summed E-state index contributed by atoms with van der Waals surface area (Å²) in [5.41, 5.74) is 0.968. The summed E-state index contributed by atoms with van der Waals surface area (Å²) < 4.78 is 34.7. The lowest BCUT2D eigenvalue weighted by atomic mass is 10.0. The highest BCUT2D eigenvalue weighted by molar-refractivity contribution is 5.76. The number of nitrogens with one attached hydrogen (secondary N) is 1. The molecule has 31 heavy (non-hydrogen) atoms. The van der Waals surface area contributed by atoms with Crippen molar-refractivity contribution in [1.82, 2.24) is 14.9 Å². The molecule has 1 aromatic heterocycles. The van der Waals surface area contributed by atoms with Crippen LogP contribution in [0.4, 0.5) is 14.6 Å². The first-order valence-electron chi connectivity index (χ1n) is 9.38. The van der Waals surface area contributed by atoms with Crippen LogP contribution in [-0.4, -0.2) is 64.0 Å². The van der Waals surface area contributed by atoms with E-state index >= 15 is 0 Å². The maximum Gasteiger partial charge on any atom is 0.301 e. The molecule has 0 radical (unpaired) electrons. The van der Waals surface area contributed by atoms with Gasteiger partial charge in [0.2, 0.25) is 12.3 Å². The molecule has 0 bridgehead atoms. The van der Waals surface area contributed by atoms with Crippen LogP contribution in [0.15, 0.2) is 30.6 Å². The Bertz CT molecular complexity index is 1010. The highest BCUT2D eigenvalue weighted by Gasteiger charge is 2.47. The summed E-state index contributed by atoms with van der Waals surface area (Å²) in [6, 6.07) is 7.83. The molecule has 2 amide bonds. The molecule has 1 saturated heterocycles. The largest absolute Gasteiger partial charge is 0.483 e. The molecule has 0 spiro atoms. The van der Waals surface area contributed by atoms with Gasteiger partial charge in [0.05, 0.1) is 24.4 Å². The number of aliphatic hydroxyl groups excluding tert-OH is 1. The topological polar surface area (TPSA) is 128 Å². The van der Waals surface area contributed by atoms with Crippen LogP contribution in [0.1, 0.15) is 18.4 Å². The Morgan fingerprint density at radius 2 is 2.23 bits per heavy atom. The molecule has 0 aliphatic carbocycles. The first kappa shape index (κ1) is 22.0. The van der Waals surface area contributed by atoms with Gasteiger partial charge in [0.25, 0.3) is 0 Å². The third kappa shape index (κ3) is 5.10. The van der Waals surface area contributed by atoms with Crippen LogP contribution < -0.4 is 10.1 Å². The van der Waals surface area contributed by atoms with Gasteiger partial charge in [-0.1, -0.05) is 0 Å². The number of anilines is 1. The zero-order valence-corrected chi connectivity index (χ0v) is 16.3. The minimum Gasteiger partial charge on any atom is -0.483 e. The third-order valence-corrected chi connectivity index (χ3v) is 4.75. The summed E-state index contributed by atoms with van der Waals surface area (Å²) in [7, 11) is 0. The SMILES string of the molecule is N#Cc1cc(-c2cc(NC=O)ncn2)ccc1OC1CCN(C(=O)CCO)CC1(F)F. The number of nitriles is 1. The molecule has 9 nitrogen and oxygen atoms in total. The van der Waals surface area contributed by atoms with Crippen molar-refractivity contribution in [1.29, 1.82) is 5.26 Å². The van der Waals surface area contributed by atoms with Crippen molar-refractivity contribution in [2.75, 3.05) is 25.0 Å². The smallest absolute Gasteiger partial charge is 0.301 e. The standard InChI is InChI=1S/C20H19F2N5O4/c21-20(22)10-27(19(30)4-6-28)5-3-17(20)31-16-2-1-13(7-14(16)9-23)15-8-18(26-12-29)25-11-24-15/h1-2,7-8,11-12,17,28H,3-6,10H2,(H,24,25,26,29). The quantitative estimate of drug-likeness (QED) is 0.637. The van der Waals surface area contributed by atoms with Gasteiger partial charge in [-0.05, 0) is 18.2 Å². The highest BCUT2D eigenvalue weighted by atomic mass is 19.3. The second kappa shape index (κ2) is 9.44. The van der Waals surface area contributed by atoms with Gasteiger partial charge in [-0.2, -0.15) is 5.26 Å². The zero-order valence-electron chi connectivity index (χ0n) is 16.3. The van der Waals surface area contributed by atoms with Crippen LogP contribution in [0, 0.1) is 11.3 Å². The average Bonchev–Trinajstić information content (AvgIpc) is 2.75. The monoisotopic (exact) mass is 431 g/mol. The molecule has 3 rings (SSSR count). The van der Waals surface area contributed by atoms with E-state index in [2.05, 4.69) is 15.3 Å². The normalized spacial score (nSPS) is 17.5. The number of hydrogen-bond donors (Lipinski definition) is 2. The third-order valence-electron chi connectivity index (χ3n) is 4.75. The van der Waals surface area contributed by atoms with Crippen LogP contribution in [0.2, 0.25) is 0 Å². The van der Waals surface area contributed by atoms with E-state index in [-0.39, 0.29) is 36.5 Å². The number of benzene rings is 1. The molecular formula is C20H19F2N5O4. The second-order valence-electron chi connectivity index (χ2n) is 6.82. The van der Waals surface area contributed by atoms with Gasteiger partial charge in [-0.15, -0.1) is 0 Å². The van der Waals surface area contributed by atoms with Gasteiger partial charge in [0.15, 0.2) is 6.10 Å². The Hall–Kier alpha value is -3.65. The number of ether oxygens (including phenoxy) is 1. The number of alkyl halides is 2. The Morgan fingerprint density at radius 1 is 1.42 bits per heavy atom. The van der Waals surface area contributed by atoms with E-state index < -0.39 is 31.1 Å². The minimum absolute atomic E-state index is 0.00800. The maximum absolute atomic E-state index is 14.6. The predicted octanol–water partition coefficient (Wildman–Crippen LogP) is 1.58. The van der Waals surface area contributed by atoms with Gasteiger partial charge in [0, 0.05) is 31.0 Å². The second-order valence-corrected chi connectivity index (χ2v) is 6.82. The lowest BCUT2D eigenvalue weighted by molar-refractivity contribution is -0.160. The summed E-state index contributed by atoms with van der Waals surface area (Å²) in [4.78, 5) is 31.3. The van der Waals surface area contributed by atoms with Crippen molar-refractivity contribution >= 4 is 18.1 Å². The van der Waals surface area contributed by atoms with Crippen molar-refractivity contribution in [3.63, 3.8) is 0 Å². The number of rotatable bonds is 7. The van der Waals surface area contributed by atoms with E-state index in [0.717, 1.165) is 4.90 Å². The van der Waals surface area contributed by atoms with E-state index in [1.54, 1.807) is 6.07 Å². The van der Waals surface area contributed by atoms with E-state index in [1.165, 1.54) is 24.5 Å². The number of likely N-dealkylation sites (tertiary alicyclic amines) is 1. The molecule has 162 valence electrons. The van der Waals surface area contributed by atoms with Gasteiger partial charge in [-0.3, -0.25) is 9.59 Å². The van der Waals surface area contributed by atoms with Crippen molar-refractivity contribution in [3.05, 3.63) is 36.2 Å². The van der Waals surface area contributed by atoms with Crippen molar-refractivity contribution in [2.24, 2.45) is 0 Å². The Labute approximate surface area is 176 Å². The molecule has 0 saturated carbocycles. The van der Waals surface area contributed by atoms with E-state index in [1.807, 2.05) is 6.07 Å². The summed E-state index contributed by atoms with van der Waals surface area (Å²) in [6.07, 6.45) is -0.138. The number of carbonyl (C=O) groups excluding carboxylic acids is 2. The van der Waals surface area contributed by atoms with Gasteiger partial charge in [-0.25, -0.2) is 18.7 Å². The van der Waals surface area contributed by atoms with Crippen molar-refractivity contribution in [2.45, 2.75) is 24.9 Å². The van der Waals surface area contributed by atoms with Crippen molar-refractivity contribution in [3.8, 4) is 23.1 Å². The predicted molar refractivity (Wildman–Crippen MR) is 104 cm³/mol. The number of aliphatic hydroxyl groups is 1. The average molecular weight is 431 g/mol. The fraction of sp³-hybridized carbons (Fsp3) is 0.350. The molecule has 2 heterocycles. The highest BCUT2D eigenvalue weighted by Crippen LogP contribution is 2.34. The molecule has 1 aliphatic heterocycles. The number of hydrogen-bond acceptors (Lipinski definition) is 7. The Kier molecular flexibility index (Phi) is 6.71.